The summed E-state index contributed by atoms with van der Waals surface area (Å²) in [4.78, 5) is 13.5. The van der Waals surface area contributed by atoms with Crippen molar-refractivity contribution in [2.24, 2.45) is 0 Å². The van der Waals surface area contributed by atoms with Crippen LogP contribution in [-0.4, -0.2) is 35.1 Å². The van der Waals surface area contributed by atoms with E-state index in [4.69, 9.17) is 17.3 Å². The fraction of sp³-hybridized carbons (Fsp3) is 0.296. The molecule has 0 atom stereocenters. The molecule has 0 unspecified atom stereocenters. The first-order valence-corrected chi connectivity index (χ1v) is 13.5. The fourth-order valence-electron chi connectivity index (χ4n) is 4.21. The SMILES string of the molecule is CNC.Nc1ncc(Cl)cc1SNc1ccc(F)c(-c2ccc3nc(NC4CCCCC4)ncc3c2)c1F. The molecule has 1 fully saturated rings. The summed E-state index contributed by atoms with van der Waals surface area (Å²) in [5.41, 5.74) is 6.91. The summed E-state index contributed by atoms with van der Waals surface area (Å²) in [7, 11) is 3.75. The standard InChI is InChI=1S/C25H23ClF2N6S.C2H7N/c26-16-11-21(24(29)30-13-16)35-34-20-9-7-18(27)22(23(20)28)14-6-8-19-15(10-14)12-31-25(33-19)32-17-4-2-1-3-5-17;1-3-2/h6-13,17,34H,1-5H2,(H2,29,30)(H,31,32,33);3H,1-2H3. The zero-order valence-corrected chi connectivity index (χ0v) is 22.8. The number of fused-ring (bicyclic) bond motifs is 1. The van der Waals surface area contributed by atoms with Crippen molar-refractivity contribution in [3.05, 3.63) is 65.4 Å². The summed E-state index contributed by atoms with van der Waals surface area (Å²) >= 11 is 7.01. The molecule has 0 aliphatic heterocycles. The molecule has 0 bridgehead atoms. The summed E-state index contributed by atoms with van der Waals surface area (Å²) in [6.45, 7) is 0. The van der Waals surface area contributed by atoms with Crippen LogP contribution >= 0.6 is 23.5 Å². The highest BCUT2D eigenvalue weighted by atomic mass is 35.5. The maximum atomic E-state index is 15.4. The monoisotopic (exact) mass is 557 g/mol. The number of nitrogens with one attached hydrogen (secondary N) is 3. The van der Waals surface area contributed by atoms with E-state index in [-0.39, 0.29) is 17.1 Å². The van der Waals surface area contributed by atoms with Crippen LogP contribution in [0.3, 0.4) is 0 Å². The number of rotatable bonds is 6. The van der Waals surface area contributed by atoms with Gasteiger partial charge < -0.3 is 21.1 Å². The van der Waals surface area contributed by atoms with Gasteiger partial charge in [-0.25, -0.2) is 23.7 Å². The molecule has 1 aliphatic rings. The molecule has 11 heteroatoms. The molecule has 4 aromatic rings. The van der Waals surface area contributed by atoms with E-state index in [0.29, 0.717) is 38.4 Å². The van der Waals surface area contributed by atoms with Gasteiger partial charge in [0.05, 0.1) is 26.7 Å². The number of nitrogens with two attached hydrogens (primary N) is 1. The molecule has 2 aromatic heterocycles. The Labute approximate surface area is 230 Å². The number of hydrogen-bond acceptors (Lipinski definition) is 8. The number of anilines is 3. The van der Waals surface area contributed by atoms with Crippen LogP contribution in [0.15, 0.2) is 53.7 Å². The Morgan fingerprint density at radius 2 is 1.76 bits per heavy atom. The number of benzene rings is 2. The molecule has 7 nitrogen and oxygen atoms in total. The van der Waals surface area contributed by atoms with Crippen molar-refractivity contribution in [1.29, 1.82) is 0 Å². The average Bonchev–Trinajstić information content (AvgIpc) is 2.91. The van der Waals surface area contributed by atoms with Gasteiger partial charge in [0.1, 0.15) is 11.6 Å². The van der Waals surface area contributed by atoms with Gasteiger partial charge in [0.25, 0.3) is 0 Å². The summed E-state index contributed by atoms with van der Waals surface area (Å²) < 4.78 is 33.0. The smallest absolute Gasteiger partial charge is 0.223 e. The Morgan fingerprint density at radius 1 is 1.00 bits per heavy atom. The second-order valence-electron chi connectivity index (χ2n) is 8.97. The summed E-state index contributed by atoms with van der Waals surface area (Å²) in [6.07, 6.45) is 9.02. The first kappa shape index (κ1) is 27.8. The van der Waals surface area contributed by atoms with Crippen LogP contribution in [-0.2, 0) is 0 Å². The number of aromatic nitrogens is 3. The highest BCUT2D eigenvalue weighted by Gasteiger charge is 2.18. The van der Waals surface area contributed by atoms with Gasteiger partial charge in [0, 0.05) is 23.8 Å². The van der Waals surface area contributed by atoms with Crippen molar-refractivity contribution in [3.63, 3.8) is 0 Å². The Hall–Kier alpha value is -3.21. The van der Waals surface area contributed by atoms with E-state index in [9.17, 15) is 4.39 Å². The fourth-order valence-corrected chi connectivity index (χ4v) is 5.15. The molecule has 2 heterocycles. The number of halogens is 3. The van der Waals surface area contributed by atoms with E-state index >= 15 is 4.39 Å². The van der Waals surface area contributed by atoms with E-state index < -0.39 is 11.6 Å². The molecule has 200 valence electrons. The van der Waals surface area contributed by atoms with Gasteiger partial charge in [0.15, 0.2) is 5.82 Å². The van der Waals surface area contributed by atoms with E-state index in [2.05, 4.69) is 30.3 Å². The Kier molecular flexibility index (Phi) is 9.54. The van der Waals surface area contributed by atoms with Crippen LogP contribution in [0.5, 0.6) is 0 Å². The molecule has 38 heavy (non-hydrogen) atoms. The molecule has 5 N–H and O–H groups in total. The van der Waals surface area contributed by atoms with E-state index in [1.807, 2.05) is 14.1 Å². The number of nitrogen functional groups attached to an aromatic ring is 1. The normalized spacial score (nSPS) is 13.6. The van der Waals surface area contributed by atoms with Crippen LogP contribution in [0, 0.1) is 11.6 Å². The number of hydrogen-bond donors (Lipinski definition) is 4. The van der Waals surface area contributed by atoms with E-state index in [1.165, 1.54) is 37.6 Å². The maximum absolute atomic E-state index is 15.4. The predicted octanol–water partition coefficient (Wildman–Crippen LogP) is 6.91. The van der Waals surface area contributed by atoms with Crippen molar-refractivity contribution in [3.8, 4) is 11.1 Å². The summed E-state index contributed by atoms with van der Waals surface area (Å²) in [5, 5.41) is 7.25. The van der Waals surface area contributed by atoms with Gasteiger partial charge in [-0.3, -0.25) is 0 Å². The average molecular weight is 558 g/mol. The molecule has 5 rings (SSSR count). The molecular formula is C27H30ClF2N7S. The molecular weight excluding hydrogens is 528 g/mol. The van der Waals surface area contributed by atoms with Gasteiger partial charge in [0.2, 0.25) is 5.95 Å². The largest absolute Gasteiger partial charge is 0.383 e. The predicted molar refractivity (Wildman–Crippen MR) is 154 cm³/mol. The number of pyridine rings is 1. The minimum atomic E-state index is -0.720. The Balaban J connectivity index is 0.00000107. The Morgan fingerprint density at radius 3 is 2.53 bits per heavy atom. The van der Waals surface area contributed by atoms with Crippen molar-refractivity contribution in [2.45, 2.75) is 43.0 Å². The molecule has 2 aromatic carbocycles. The van der Waals surface area contributed by atoms with Crippen LogP contribution < -0.4 is 21.1 Å². The van der Waals surface area contributed by atoms with Crippen molar-refractivity contribution in [2.75, 3.05) is 29.9 Å². The van der Waals surface area contributed by atoms with E-state index in [1.54, 1.807) is 30.5 Å². The lowest BCUT2D eigenvalue weighted by Crippen LogP contribution is -2.23. The topological polar surface area (TPSA) is 101 Å². The third-order valence-corrected chi connectivity index (χ3v) is 7.09. The van der Waals surface area contributed by atoms with E-state index in [0.717, 1.165) is 24.8 Å². The summed E-state index contributed by atoms with van der Waals surface area (Å²) in [5.74, 6) is -0.561. The molecule has 0 amide bonds. The van der Waals surface area contributed by atoms with Gasteiger partial charge in [-0.05, 0) is 74.8 Å². The highest BCUT2D eigenvalue weighted by Crippen LogP contribution is 2.35. The van der Waals surface area contributed by atoms with Gasteiger partial charge in [-0.2, -0.15) is 0 Å². The minimum Gasteiger partial charge on any atom is -0.383 e. The minimum absolute atomic E-state index is 0.106. The van der Waals surface area contributed by atoms with Crippen LogP contribution in [0.4, 0.5) is 26.2 Å². The lowest BCUT2D eigenvalue weighted by molar-refractivity contribution is 0.461. The van der Waals surface area contributed by atoms with Crippen LogP contribution in [0.1, 0.15) is 32.1 Å². The zero-order chi connectivity index (χ0) is 27.1. The third-order valence-electron chi connectivity index (χ3n) is 6.02. The van der Waals surface area contributed by atoms with Crippen molar-refractivity contribution in [1.82, 2.24) is 20.3 Å². The highest BCUT2D eigenvalue weighted by molar-refractivity contribution is 8.00. The number of nitrogens with zero attached hydrogens (tertiary/aromatic N) is 3. The Bertz CT molecular complexity index is 1400. The van der Waals surface area contributed by atoms with Crippen LogP contribution in [0.2, 0.25) is 5.02 Å². The second-order valence-corrected chi connectivity index (χ2v) is 10.3. The summed E-state index contributed by atoms with van der Waals surface area (Å²) in [6, 6.07) is 9.67. The van der Waals surface area contributed by atoms with Gasteiger partial charge in [-0.15, -0.1) is 0 Å². The molecule has 0 radical (unpaired) electrons. The van der Waals surface area contributed by atoms with Crippen molar-refractivity contribution >= 4 is 51.9 Å². The third kappa shape index (κ3) is 6.80. The lowest BCUT2D eigenvalue weighted by Gasteiger charge is -2.22. The van der Waals surface area contributed by atoms with Gasteiger partial charge in [-0.1, -0.05) is 36.9 Å². The maximum Gasteiger partial charge on any atom is 0.223 e. The van der Waals surface area contributed by atoms with Crippen LogP contribution in [0.25, 0.3) is 22.0 Å². The molecule has 1 saturated carbocycles. The first-order chi connectivity index (χ1) is 18.4. The quantitative estimate of drug-likeness (QED) is 0.190. The first-order valence-electron chi connectivity index (χ1n) is 12.3. The zero-order valence-electron chi connectivity index (χ0n) is 21.2. The molecule has 0 saturated heterocycles. The molecule has 0 spiro atoms. The van der Waals surface area contributed by atoms with Crippen molar-refractivity contribution < 1.29 is 8.78 Å². The second kappa shape index (κ2) is 13.0. The lowest BCUT2D eigenvalue weighted by atomic mass is 9.96. The van der Waals surface area contributed by atoms with Gasteiger partial charge >= 0.3 is 0 Å². The molecule has 1 aliphatic carbocycles.